The minimum atomic E-state index is -0.224. The lowest BCUT2D eigenvalue weighted by Crippen LogP contribution is -2.49. The molecule has 0 aromatic carbocycles. The van der Waals surface area contributed by atoms with Crippen LogP contribution in [0.25, 0.3) is 0 Å². The van der Waals surface area contributed by atoms with E-state index < -0.39 is 0 Å². The third-order valence-electron chi connectivity index (χ3n) is 4.33. The number of carbonyl (C=O) groups excluding carboxylic acids is 1. The van der Waals surface area contributed by atoms with Gasteiger partial charge in [-0.3, -0.25) is 14.6 Å². The first-order valence-corrected chi connectivity index (χ1v) is 7.69. The number of nitrogens with two attached hydrogens (primary N) is 1. The molecule has 0 aromatic heterocycles. The lowest BCUT2D eigenvalue weighted by atomic mass is 10.2. The van der Waals surface area contributed by atoms with E-state index in [0.717, 1.165) is 32.6 Å². The molecule has 2 unspecified atom stereocenters. The third kappa shape index (κ3) is 4.16. The lowest BCUT2D eigenvalue weighted by molar-refractivity contribution is -0.120. The third-order valence-corrected chi connectivity index (χ3v) is 4.33. The Hall–Kier alpha value is -0.650. The standard InChI is InChI=1S/C14H28N4O/c1-2-6-16-13(14(15)19)11-17-9-5-12(10-17)18-7-3-4-8-18/h12-13,16H,2-11H2,1H3,(H2,15,19). The van der Waals surface area contributed by atoms with Gasteiger partial charge in [0.25, 0.3) is 0 Å². The van der Waals surface area contributed by atoms with Gasteiger partial charge in [0, 0.05) is 19.1 Å². The van der Waals surface area contributed by atoms with Gasteiger partial charge in [0.1, 0.15) is 0 Å². The predicted octanol–water partition coefficient (Wildman–Crippen LogP) is 0.0100. The first-order chi connectivity index (χ1) is 9.20. The van der Waals surface area contributed by atoms with Crippen molar-refractivity contribution in [3.63, 3.8) is 0 Å². The molecule has 2 atom stereocenters. The van der Waals surface area contributed by atoms with Crippen LogP contribution in [0.5, 0.6) is 0 Å². The molecule has 0 saturated carbocycles. The summed E-state index contributed by atoms with van der Waals surface area (Å²) in [6, 6.07) is 0.500. The summed E-state index contributed by atoms with van der Waals surface area (Å²) in [7, 11) is 0. The second-order valence-corrected chi connectivity index (χ2v) is 5.85. The zero-order valence-electron chi connectivity index (χ0n) is 12.1. The summed E-state index contributed by atoms with van der Waals surface area (Å²) < 4.78 is 0. The van der Waals surface area contributed by atoms with Gasteiger partial charge in [0.2, 0.25) is 5.91 Å². The second kappa shape index (κ2) is 7.22. The van der Waals surface area contributed by atoms with E-state index in [0.29, 0.717) is 6.04 Å². The van der Waals surface area contributed by atoms with Crippen molar-refractivity contribution >= 4 is 5.91 Å². The SMILES string of the molecule is CCCNC(CN1CCC(N2CCCC2)C1)C(N)=O. The van der Waals surface area contributed by atoms with Crippen LogP contribution in [0.2, 0.25) is 0 Å². The largest absolute Gasteiger partial charge is 0.368 e. The molecule has 110 valence electrons. The number of primary amides is 1. The molecule has 2 aliphatic heterocycles. The number of nitrogens with one attached hydrogen (secondary N) is 1. The molecule has 0 aliphatic carbocycles. The Morgan fingerprint density at radius 1 is 1.37 bits per heavy atom. The highest BCUT2D eigenvalue weighted by molar-refractivity contribution is 5.80. The fourth-order valence-electron chi connectivity index (χ4n) is 3.21. The summed E-state index contributed by atoms with van der Waals surface area (Å²) in [5.41, 5.74) is 5.47. The number of likely N-dealkylation sites (tertiary alicyclic amines) is 2. The molecule has 2 heterocycles. The van der Waals surface area contributed by atoms with Gasteiger partial charge in [-0.05, 0) is 51.9 Å². The second-order valence-electron chi connectivity index (χ2n) is 5.85. The van der Waals surface area contributed by atoms with Gasteiger partial charge in [0.15, 0.2) is 0 Å². The molecular formula is C14H28N4O. The fourth-order valence-corrected chi connectivity index (χ4v) is 3.21. The Morgan fingerprint density at radius 2 is 2.11 bits per heavy atom. The van der Waals surface area contributed by atoms with Crippen molar-refractivity contribution in [2.75, 3.05) is 39.3 Å². The molecular weight excluding hydrogens is 240 g/mol. The molecule has 5 heteroatoms. The van der Waals surface area contributed by atoms with Crippen molar-refractivity contribution in [2.45, 2.75) is 44.7 Å². The highest BCUT2D eigenvalue weighted by atomic mass is 16.1. The van der Waals surface area contributed by atoms with Crippen molar-refractivity contribution in [1.82, 2.24) is 15.1 Å². The summed E-state index contributed by atoms with van der Waals surface area (Å²) in [4.78, 5) is 16.5. The molecule has 2 fully saturated rings. The Labute approximate surface area is 116 Å². The molecule has 1 amide bonds. The first kappa shape index (κ1) is 14.8. The van der Waals surface area contributed by atoms with Crippen LogP contribution in [0.15, 0.2) is 0 Å². The summed E-state index contributed by atoms with van der Waals surface area (Å²) in [5.74, 6) is -0.224. The van der Waals surface area contributed by atoms with E-state index in [4.69, 9.17) is 5.73 Å². The average Bonchev–Trinajstić information content (AvgIpc) is 3.04. The number of rotatable bonds is 7. The van der Waals surface area contributed by atoms with E-state index in [9.17, 15) is 4.79 Å². The maximum atomic E-state index is 11.5. The Bertz CT molecular complexity index is 291. The van der Waals surface area contributed by atoms with Crippen LogP contribution in [0.4, 0.5) is 0 Å². The molecule has 5 nitrogen and oxygen atoms in total. The first-order valence-electron chi connectivity index (χ1n) is 7.69. The Kier molecular flexibility index (Phi) is 5.60. The fraction of sp³-hybridized carbons (Fsp3) is 0.929. The normalized spacial score (nSPS) is 26.9. The van der Waals surface area contributed by atoms with Gasteiger partial charge in [-0.1, -0.05) is 6.92 Å². The van der Waals surface area contributed by atoms with Crippen LogP contribution < -0.4 is 11.1 Å². The summed E-state index contributed by atoms with van der Waals surface area (Å²) >= 11 is 0. The van der Waals surface area contributed by atoms with E-state index >= 15 is 0 Å². The maximum absolute atomic E-state index is 11.5. The summed E-state index contributed by atoms with van der Waals surface area (Å²) in [5, 5.41) is 3.25. The van der Waals surface area contributed by atoms with E-state index in [1.54, 1.807) is 0 Å². The minimum Gasteiger partial charge on any atom is -0.368 e. The minimum absolute atomic E-state index is 0.197. The highest BCUT2D eigenvalue weighted by Gasteiger charge is 2.30. The van der Waals surface area contributed by atoms with Crippen LogP contribution in [0.3, 0.4) is 0 Å². The van der Waals surface area contributed by atoms with Crippen molar-refractivity contribution in [3.8, 4) is 0 Å². The van der Waals surface area contributed by atoms with E-state index in [1.165, 1.54) is 32.4 Å². The lowest BCUT2D eigenvalue weighted by Gasteiger charge is -2.25. The number of carbonyl (C=O) groups is 1. The van der Waals surface area contributed by atoms with Crippen LogP contribution >= 0.6 is 0 Å². The van der Waals surface area contributed by atoms with Crippen LogP contribution in [0, 0.1) is 0 Å². The van der Waals surface area contributed by atoms with Crippen LogP contribution in [-0.4, -0.2) is 67.1 Å². The smallest absolute Gasteiger partial charge is 0.235 e. The average molecular weight is 268 g/mol. The van der Waals surface area contributed by atoms with E-state index in [-0.39, 0.29) is 11.9 Å². The van der Waals surface area contributed by atoms with Gasteiger partial charge < -0.3 is 11.1 Å². The zero-order chi connectivity index (χ0) is 13.7. The molecule has 0 spiro atoms. The Morgan fingerprint density at radius 3 is 2.74 bits per heavy atom. The quantitative estimate of drug-likeness (QED) is 0.683. The number of hydrogen-bond acceptors (Lipinski definition) is 4. The van der Waals surface area contributed by atoms with Crippen molar-refractivity contribution in [2.24, 2.45) is 5.73 Å². The van der Waals surface area contributed by atoms with Crippen LogP contribution in [-0.2, 0) is 4.79 Å². The number of hydrogen-bond donors (Lipinski definition) is 2. The van der Waals surface area contributed by atoms with Crippen molar-refractivity contribution in [1.29, 1.82) is 0 Å². The van der Waals surface area contributed by atoms with Gasteiger partial charge in [0.05, 0.1) is 6.04 Å². The molecule has 0 bridgehead atoms. The van der Waals surface area contributed by atoms with Crippen molar-refractivity contribution in [3.05, 3.63) is 0 Å². The molecule has 0 aromatic rings. The molecule has 2 saturated heterocycles. The van der Waals surface area contributed by atoms with Gasteiger partial charge in [-0.2, -0.15) is 0 Å². The predicted molar refractivity (Wildman–Crippen MR) is 76.9 cm³/mol. The molecule has 3 N–H and O–H groups in total. The van der Waals surface area contributed by atoms with Gasteiger partial charge in [-0.25, -0.2) is 0 Å². The molecule has 2 aliphatic rings. The maximum Gasteiger partial charge on any atom is 0.235 e. The number of amides is 1. The monoisotopic (exact) mass is 268 g/mol. The molecule has 2 rings (SSSR count). The zero-order valence-corrected chi connectivity index (χ0v) is 12.1. The summed E-state index contributed by atoms with van der Waals surface area (Å²) in [6.07, 6.45) is 4.95. The topological polar surface area (TPSA) is 61.6 Å². The van der Waals surface area contributed by atoms with Crippen molar-refractivity contribution < 1.29 is 4.79 Å². The van der Waals surface area contributed by atoms with Gasteiger partial charge >= 0.3 is 0 Å². The number of nitrogens with zero attached hydrogens (tertiary/aromatic N) is 2. The van der Waals surface area contributed by atoms with Crippen LogP contribution in [0.1, 0.15) is 32.6 Å². The summed E-state index contributed by atoms with van der Waals surface area (Å²) in [6.45, 7) is 8.43. The van der Waals surface area contributed by atoms with Gasteiger partial charge in [-0.15, -0.1) is 0 Å². The highest BCUT2D eigenvalue weighted by Crippen LogP contribution is 2.20. The van der Waals surface area contributed by atoms with E-state index in [1.807, 2.05) is 0 Å². The Balaban J connectivity index is 1.77. The molecule has 0 radical (unpaired) electrons. The molecule has 19 heavy (non-hydrogen) atoms. The van der Waals surface area contributed by atoms with E-state index in [2.05, 4.69) is 22.0 Å².